The molecule has 3 heteroatoms. The molecule has 0 aliphatic heterocycles. The minimum absolute atomic E-state index is 0.0753. The zero-order chi connectivity index (χ0) is 23.4. The van der Waals surface area contributed by atoms with Gasteiger partial charge in [-0.2, -0.15) is 0 Å². The molecular weight excluding hydrogens is 426 g/mol. The van der Waals surface area contributed by atoms with Gasteiger partial charge in [0.2, 0.25) is 0 Å². The summed E-state index contributed by atoms with van der Waals surface area (Å²) in [5.74, 6) is -0.0753. The number of rotatable bonds is 5. The van der Waals surface area contributed by atoms with Gasteiger partial charge < -0.3 is 0 Å². The third kappa shape index (κ3) is 4.76. The Kier molecular flexibility index (Phi) is 6.76. The highest BCUT2D eigenvalue weighted by Crippen LogP contribution is 2.35. The van der Waals surface area contributed by atoms with Gasteiger partial charge in [0.25, 0.3) is 5.91 Å². The number of aryl methyl sites for hydroxylation is 2. The highest BCUT2D eigenvalue weighted by atomic mass is 35.5. The number of benzene rings is 4. The number of carbonyl (C=O) groups is 1. The minimum atomic E-state index is -0.0753. The third-order valence-corrected chi connectivity index (χ3v) is 6.04. The molecule has 0 unspecified atom stereocenters. The Morgan fingerprint density at radius 3 is 2.00 bits per heavy atom. The van der Waals surface area contributed by atoms with E-state index >= 15 is 0 Å². The molecule has 164 valence electrons. The molecule has 4 aromatic carbocycles. The zero-order valence-corrected chi connectivity index (χ0v) is 19.8. The van der Waals surface area contributed by atoms with Crippen LogP contribution in [0.5, 0.6) is 0 Å². The number of halogens is 1. The topological polar surface area (TPSA) is 20.3 Å². The summed E-state index contributed by atoms with van der Waals surface area (Å²) in [6, 6.07) is 33.6. The van der Waals surface area contributed by atoms with E-state index in [1.165, 1.54) is 0 Å². The van der Waals surface area contributed by atoms with Crippen LogP contribution in [0.1, 0.15) is 29.2 Å². The van der Waals surface area contributed by atoms with Gasteiger partial charge in [-0.15, -0.1) is 0 Å². The van der Waals surface area contributed by atoms with Crippen molar-refractivity contribution in [3.63, 3.8) is 0 Å². The van der Waals surface area contributed by atoms with E-state index < -0.39 is 0 Å². The van der Waals surface area contributed by atoms with E-state index in [9.17, 15) is 4.79 Å². The summed E-state index contributed by atoms with van der Waals surface area (Å²) in [5.41, 5.74) is 7.25. The van der Waals surface area contributed by atoms with Crippen LogP contribution in [0, 0.1) is 13.8 Å². The second-order valence-corrected chi connectivity index (χ2v) is 8.52. The monoisotopic (exact) mass is 451 g/mol. The lowest BCUT2D eigenvalue weighted by molar-refractivity contribution is -0.114. The average molecular weight is 452 g/mol. The molecule has 2 nitrogen and oxygen atoms in total. The van der Waals surface area contributed by atoms with E-state index in [1.807, 2.05) is 124 Å². The second-order valence-electron chi connectivity index (χ2n) is 8.09. The van der Waals surface area contributed by atoms with E-state index in [4.69, 9.17) is 11.6 Å². The van der Waals surface area contributed by atoms with Crippen LogP contribution >= 0.6 is 11.6 Å². The predicted molar refractivity (Wildman–Crippen MR) is 139 cm³/mol. The molecule has 0 atom stereocenters. The number of nitrogens with zero attached hydrogens (tertiary/aromatic N) is 1. The maximum Gasteiger partial charge on any atom is 0.259 e. The van der Waals surface area contributed by atoms with Gasteiger partial charge >= 0.3 is 0 Å². The first-order valence-electron chi connectivity index (χ1n) is 11.0. The summed E-state index contributed by atoms with van der Waals surface area (Å²) < 4.78 is 0. The Bertz CT molecular complexity index is 1310. The van der Waals surface area contributed by atoms with E-state index in [2.05, 4.69) is 0 Å². The van der Waals surface area contributed by atoms with Gasteiger partial charge in [-0.25, -0.2) is 0 Å². The van der Waals surface area contributed by atoms with Gasteiger partial charge in [0.1, 0.15) is 0 Å². The fourth-order valence-corrected chi connectivity index (χ4v) is 4.25. The maximum absolute atomic E-state index is 14.2. The maximum atomic E-state index is 14.2. The van der Waals surface area contributed by atoms with Crippen molar-refractivity contribution in [3.05, 3.63) is 136 Å². The first-order chi connectivity index (χ1) is 16.0. The summed E-state index contributed by atoms with van der Waals surface area (Å²) in [5, 5.41) is 0.642. The fourth-order valence-electron chi connectivity index (χ4n) is 4.07. The number of carbonyl (C=O) groups excluding carboxylic acids is 1. The van der Waals surface area contributed by atoms with Gasteiger partial charge in [-0.3, -0.25) is 9.69 Å². The quantitative estimate of drug-likeness (QED) is 0.280. The SMILES string of the molecule is C/C(C(=O)N(c1ccccc1)c1ccccc1C)=C(/c1ccccc1)c1cc(Cl)ccc1C. The van der Waals surface area contributed by atoms with Crippen molar-refractivity contribution in [1.29, 1.82) is 0 Å². The number of anilines is 2. The Hall–Kier alpha value is -3.62. The molecule has 0 bridgehead atoms. The number of para-hydroxylation sites is 2. The van der Waals surface area contributed by atoms with Gasteiger partial charge in [0.05, 0.1) is 5.69 Å². The Morgan fingerprint density at radius 1 is 0.727 bits per heavy atom. The lowest BCUT2D eigenvalue weighted by Crippen LogP contribution is -2.28. The van der Waals surface area contributed by atoms with E-state index in [0.29, 0.717) is 10.6 Å². The average Bonchev–Trinajstić information content (AvgIpc) is 2.84. The summed E-state index contributed by atoms with van der Waals surface area (Å²) in [7, 11) is 0. The molecule has 33 heavy (non-hydrogen) atoms. The normalized spacial score (nSPS) is 11.6. The molecule has 1 amide bonds. The third-order valence-electron chi connectivity index (χ3n) is 5.80. The van der Waals surface area contributed by atoms with E-state index in [0.717, 1.165) is 39.2 Å². The molecular formula is C30H26ClNO. The van der Waals surface area contributed by atoms with Gasteiger partial charge in [-0.05, 0) is 78.9 Å². The summed E-state index contributed by atoms with van der Waals surface area (Å²) in [6.45, 7) is 5.97. The van der Waals surface area contributed by atoms with Crippen molar-refractivity contribution < 1.29 is 4.79 Å². The van der Waals surface area contributed by atoms with Crippen LogP contribution in [0.4, 0.5) is 11.4 Å². The van der Waals surface area contributed by atoms with Crippen molar-refractivity contribution in [2.24, 2.45) is 0 Å². The van der Waals surface area contributed by atoms with Crippen molar-refractivity contribution in [2.75, 3.05) is 4.90 Å². The van der Waals surface area contributed by atoms with Gasteiger partial charge in [0.15, 0.2) is 0 Å². The fraction of sp³-hybridized carbons (Fsp3) is 0.100. The Morgan fingerprint density at radius 2 is 1.33 bits per heavy atom. The summed E-state index contributed by atoms with van der Waals surface area (Å²) >= 11 is 6.39. The molecule has 0 spiro atoms. The summed E-state index contributed by atoms with van der Waals surface area (Å²) in [6.07, 6.45) is 0. The van der Waals surface area contributed by atoms with Crippen LogP contribution in [0.15, 0.2) is 109 Å². The molecule has 4 aromatic rings. The van der Waals surface area contributed by atoms with Gasteiger partial charge in [-0.1, -0.05) is 84.4 Å². The highest BCUT2D eigenvalue weighted by molar-refractivity contribution is 6.31. The summed E-state index contributed by atoms with van der Waals surface area (Å²) in [4.78, 5) is 16.0. The largest absolute Gasteiger partial charge is 0.277 e. The van der Waals surface area contributed by atoms with Crippen LogP contribution in [0.2, 0.25) is 5.02 Å². The van der Waals surface area contributed by atoms with Crippen LogP contribution in [0.25, 0.3) is 5.57 Å². The van der Waals surface area contributed by atoms with Crippen molar-refractivity contribution in [3.8, 4) is 0 Å². The predicted octanol–water partition coefficient (Wildman–Crippen LogP) is 8.14. The molecule has 0 radical (unpaired) electrons. The number of hydrogen-bond acceptors (Lipinski definition) is 1. The molecule has 0 N–H and O–H groups in total. The minimum Gasteiger partial charge on any atom is -0.277 e. The van der Waals surface area contributed by atoms with E-state index in [-0.39, 0.29) is 5.91 Å². The number of amides is 1. The molecule has 0 heterocycles. The number of hydrogen-bond donors (Lipinski definition) is 0. The molecule has 0 aromatic heterocycles. The van der Waals surface area contributed by atoms with Gasteiger partial charge in [0, 0.05) is 16.3 Å². The molecule has 0 aliphatic carbocycles. The van der Waals surface area contributed by atoms with E-state index in [1.54, 1.807) is 4.90 Å². The molecule has 0 saturated heterocycles. The molecule has 0 saturated carbocycles. The van der Waals surface area contributed by atoms with Crippen LogP contribution in [-0.4, -0.2) is 5.91 Å². The Labute approximate surface area is 200 Å². The lowest BCUT2D eigenvalue weighted by Gasteiger charge is -2.26. The second kappa shape index (κ2) is 9.89. The smallest absolute Gasteiger partial charge is 0.259 e. The van der Waals surface area contributed by atoms with Crippen LogP contribution in [-0.2, 0) is 4.79 Å². The first kappa shape index (κ1) is 22.6. The zero-order valence-electron chi connectivity index (χ0n) is 19.0. The van der Waals surface area contributed by atoms with Crippen molar-refractivity contribution in [1.82, 2.24) is 0 Å². The lowest BCUT2D eigenvalue weighted by atomic mass is 9.90. The Balaban J connectivity index is 1.97. The first-order valence-corrected chi connectivity index (χ1v) is 11.3. The van der Waals surface area contributed by atoms with Crippen molar-refractivity contribution >= 4 is 34.5 Å². The van der Waals surface area contributed by atoms with Crippen LogP contribution in [0.3, 0.4) is 0 Å². The molecule has 0 aliphatic rings. The van der Waals surface area contributed by atoms with Crippen molar-refractivity contribution in [2.45, 2.75) is 20.8 Å². The highest BCUT2D eigenvalue weighted by Gasteiger charge is 2.24. The van der Waals surface area contributed by atoms with Crippen LogP contribution < -0.4 is 4.90 Å². The molecule has 4 rings (SSSR count). The molecule has 0 fully saturated rings. The standard InChI is InChI=1S/C30H26ClNO/c1-21-18-19-25(31)20-27(21)29(24-13-6-4-7-14-24)23(3)30(33)32(26-15-8-5-9-16-26)28-17-11-10-12-22(28)2/h4-20H,1-3H3/b29-23+.